The summed E-state index contributed by atoms with van der Waals surface area (Å²) in [7, 11) is 0. The van der Waals surface area contributed by atoms with Gasteiger partial charge in [0.1, 0.15) is 0 Å². The first kappa shape index (κ1) is 15.9. The van der Waals surface area contributed by atoms with Crippen LogP contribution < -0.4 is 5.32 Å². The van der Waals surface area contributed by atoms with Gasteiger partial charge in [0, 0.05) is 28.6 Å². The monoisotopic (exact) mass is 354 g/mol. The number of nitro benzene ring substituents is 1. The van der Waals surface area contributed by atoms with E-state index in [9.17, 15) is 14.9 Å². The molecular weight excluding hydrogens is 336 g/mol. The summed E-state index contributed by atoms with van der Waals surface area (Å²) in [4.78, 5) is 23.3. The largest absolute Gasteiger partial charge is 0.352 e. The number of nitrogens with zero attached hydrogens (tertiary/aromatic N) is 1. The molecule has 6 heteroatoms. The van der Waals surface area contributed by atoms with Crippen molar-refractivity contribution in [1.29, 1.82) is 0 Å². The zero-order valence-electron chi connectivity index (χ0n) is 12.0. The summed E-state index contributed by atoms with van der Waals surface area (Å²) < 4.78 is 0. The Kier molecular flexibility index (Phi) is 5.33. The van der Waals surface area contributed by atoms with Gasteiger partial charge in [-0.1, -0.05) is 22.0 Å². The first-order valence-electron chi connectivity index (χ1n) is 7.15. The van der Waals surface area contributed by atoms with E-state index in [1.54, 1.807) is 19.1 Å². The van der Waals surface area contributed by atoms with Crippen LogP contribution in [0, 0.1) is 23.0 Å². The zero-order chi connectivity index (χ0) is 15.4. The van der Waals surface area contributed by atoms with Gasteiger partial charge in [0.25, 0.3) is 11.6 Å². The Hall–Kier alpha value is -1.43. The third-order valence-electron chi connectivity index (χ3n) is 4.07. The van der Waals surface area contributed by atoms with Crippen LogP contribution in [0.5, 0.6) is 0 Å². The molecule has 1 N–H and O–H groups in total. The quantitative estimate of drug-likeness (QED) is 0.510. The summed E-state index contributed by atoms with van der Waals surface area (Å²) >= 11 is 3.61. The van der Waals surface area contributed by atoms with Crippen LogP contribution in [-0.2, 0) is 0 Å². The van der Waals surface area contributed by atoms with E-state index in [-0.39, 0.29) is 11.6 Å². The smallest absolute Gasteiger partial charge is 0.273 e. The van der Waals surface area contributed by atoms with Crippen LogP contribution in [-0.4, -0.2) is 22.2 Å². The van der Waals surface area contributed by atoms with E-state index in [1.807, 2.05) is 0 Å². The van der Waals surface area contributed by atoms with Crippen LogP contribution in [0.2, 0.25) is 0 Å². The third kappa shape index (κ3) is 4.03. The highest BCUT2D eigenvalue weighted by molar-refractivity contribution is 9.09. The number of hydrogen-bond acceptors (Lipinski definition) is 3. The van der Waals surface area contributed by atoms with Crippen LogP contribution in [0.1, 0.15) is 41.6 Å². The van der Waals surface area contributed by atoms with Gasteiger partial charge in [0.2, 0.25) is 0 Å². The second-order valence-electron chi connectivity index (χ2n) is 5.53. The van der Waals surface area contributed by atoms with Crippen molar-refractivity contribution in [2.75, 3.05) is 6.54 Å². The average molecular weight is 355 g/mol. The molecule has 1 fully saturated rings. The van der Waals surface area contributed by atoms with E-state index in [4.69, 9.17) is 0 Å². The minimum atomic E-state index is -0.455. The molecule has 1 aromatic carbocycles. The molecule has 0 aromatic heterocycles. The van der Waals surface area contributed by atoms with Crippen molar-refractivity contribution in [2.45, 2.75) is 37.4 Å². The fourth-order valence-electron chi connectivity index (χ4n) is 2.73. The summed E-state index contributed by atoms with van der Waals surface area (Å²) in [6.07, 6.45) is 4.47. The van der Waals surface area contributed by atoms with Gasteiger partial charge < -0.3 is 5.32 Å². The van der Waals surface area contributed by atoms with Gasteiger partial charge in [0.05, 0.1) is 4.92 Å². The molecule has 114 valence electrons. The van der Waals surface area contributed by atoms with E-state index in [1.165, 1.54) is 6.07 Å². The molecule has 0 bridgehead atoms. The maximum Gasteiger partial charge on any atom is 0.273 e. The summed E-state index contributed by atoms with van der Waals surface area (Å²) in [5.41, 5.74) is 0.796. The van der Waals surface area contributed by atoms with Gasteiger partial charge >= 0.3 is 0 Å². The van der Waals surface area contributed by atoms with Gasteiger partial charge in [-0.2, -0.15) is 0 Å². The number of carbonyl (C=O) groups excluding carboxylic acids is 1. The van der Waals surface area contributed by atoms with E-state index in [2.05, 4.69) is 21.2 Å². The van der Waals surface area contributed by atoms with Gasteiger partial charge in [-0.3, -0.25) is 14.9 Å². The Morgan fingerprint density at radius 1 is 1.38 bits per heavy atom. The standard InChI is InChI=1S/C15H19BrN2O3/c1-10-13(3-2-4-14(10)18(20)21)15(19)17-9-11-5-7-12(16)8-6-11/h2-4,11-12H,5-9H2,1H3,(H,17,19). The minimum Gasteiger partial charge on any atom is -0.352 e. The minimum absolute atomic E-state index is 0.0116. The van der Waals surface area contributed by atoms with Crippen molar-refractivity contribution in [3.8, 4) is 0 Å². The molecule has 0 saturated heterocycles. The van der Waals surface area contributed by atoms with E-state index < -0.39 is 4.92 Å². The molecular formula is C15H19BrN2O3. The predicted octanol–water partition coefficient (Wildman–Crippen LogP) is 3.59. The van der Waals surface area contributed by atoms with Gasteiger partial charge in [-0.15, -0.1) is 0 Å². The number of carbonyl (C=O) groups is 1. The highest BCUT2D eigenvalue weighted by Gasteiger charge is 2.21. The molecule has 1 aliphatic rings. The Balaban J connectivity index is 1.97. The molecule has 0 atom stereocenters. The molecule has 1 amide bonds. The molecule has 1 aliphatic carbocycles. The molecule has 0 radical (unpaired) electrons. The number of benzene rings is 1. The van der Waals surface area contributed by atoms with Crippen LogP contribution in [0.3, 0.4) is 0 Å². The van der Waals surface area contributed by atoms with Crippen molar-refractivity contribution in [3.63, 3.8) is 0 Å². The number of alkyl halides is 1. The molecule has 21 heavy (non-hydrogen) atoms. The lowest BCUT2D eigenvalue weighted by molar-refractivity contribution is -0.385. The van der Waals surface area contributed by atoms with Crippen molar-refractivity contribution in [2.24, 2.45) is 5.92 Å². The van der Waals surface area contributed by atoms with Gasteiger partial charge in [-0.05, 0) is 44.6 Å². The lowest BCUT2D eigenvalue weighted by Crippen LogP contribution is -2.31. The fraction of sp³-hybridized carbons (Fsp3) is 0.533. The van der Waals surface area contributed by atoms with E-state index >= 15 is 0 Å². The van der Waals surface area contributed by atoms with Crippen LogP contribution in [0.4, 0.5) is 5.69 Å². The highest BCUT2D eigenvalue weighted by Crippen LogP contribution is 2.28. The Labute approximate surface area is 132 Å². The third-order valence-corrected chi connectivity index (χ3v) is 4.99. The maximum atomic E-state index is 12.2. The lowest BCUT2D eigenvalue weighted by Gasteiger charge is -2.25. The molecule has 2 rings (SSSR count). The zero-order valence-corrected chi connectivity index (χ0v) is 13.6. The number of rotatable bonds is 4. The predicted molar refractivity (Wildman–Crippen MR) is 84.8 cm³/mol. The number of nitrogens with one attached hydrogen (secondary N) is 1. The second-order valence-corrected chi connectivity index (χ2v) is 6.83. The van der Waals surface area contributed by atoms with Crippen LogP contribution >= 0.6 is 15.9 Å². The highest BCUT2D eigenvalue weighted by atomic mass is 79.9. The molecule has 5 nitrogen and oxygen atoms in total. The van der Waals surface area contributed by atoms with Crippen LogP contribution in [0.15, 0.2) is 18.2 Å². The van der Waals surface area contributed by atoms with Gasteiger partial charge in [0.15, 0.2) is 0 Å². The topological polar surface area (TPSA) is 72.2 Å². The Morgan fingerprint density at radius 3 is 2.67 bits per heavy atom. The number of nitro groups is 1. The number of halogens is 1. The summed E-state index contributed by atoms with van der Waals surface area (Å²) in [5.74, 6) is 0.277. The average Bonchev–Trinajstić information content (AvgIpc) is 2.46. The summed E-state index contributed by atoms with van der Waals surface area (Å²) in [5, 5.41) is 13.8. The lowest BCUT2D eigenvalue weighted by atomic mass is 9.89. The first-order chi connectivity index (χ1) is 9.99. The van der Waals surface area contributed by atoms with Crippen molar-refractivity contribution < 1.29 is 9.72 Å². The van der Waals surface area contributed by atoms with Crippen molar-refractivity contribution in [1.82, 2.24) is 5.32 Å². The Morgan fingerprint density at radius 2 is 2.05 bits per heavy atom. The van der Waals surface area contributed by atoms with Crippen LogP contribution in [0.25, 0.3) is 0 Å². The molecule has 0 heterocycles. The summed E-state index contributed by atoms with van der Waals surface area (Å²) in [6.45, 7) is 2.25. The SMILES string of the molecule is Cc1c(C(=O)NCC2CCC(Br)CC2)cccc1[N+](=O)[O-]. The van der Waals surface area contributed by atoms with E-state index in [0.29, 0.717) is 28.4 Å². The fourth-order valence-corrected chi connectivity index (χ4v) is 3.25. The summed E-state index contributed by atoms with van der Waals surface area (Å²) in [6, 6.07) is 4.60. The van der Waals surface area contributed by atoms with Crippen molar-refractivity contribution >= 4 is 27.5 Å². The Bertz CT molecular complexity index is 540. The number of hydrogen-bond donors (Lipinski definition) is 1. The normalized spacial score (nSPS) is 21.8. The van der Waals surface area contributed by atoms with Crippen molar-refractivity contribution in [3.05, 3.63) is 39.4 Å². The molecule has 1 saturated carbocycles. The van der Waals surface area contributed by atoms with E-state index in [0.717, 1.165) is 25.7 Å². The molecule has 0 spiro atoms. The van der Waals surface area contributed by atoms with Gasteiger partial charge in [-0.25, -0.2) is 0 Å². The second kappa shape index (κ2) is 7.02. The molecule has 0 aliphatic heterocycles. The first-order valence-corrected chi connectivity index (χ1v) is 8.07. The number of amides is 1. The maximum absolute atomic E-state index is 12.2. The molecule has 0 unspecified atom stereocenters. The molecule has 1 aromatic rings.